The van der Waals surface area contributed by atoms with Crippen molar-refractivity contribution in [2.75, 3.05) is 6.61 Å². The number of nitrogens with one attached hydrogen (secondary N) is 1. The van der Waals surface area contributed by atoms with E-state index in [1.54, 1.807) is 13.0 Å². The Bertz CT molecular complexity index is 587. The fourth-order valence-corrected chi connectivity index (χ4v) is 1.71. The van der Waals surface area contributed by atoms with E-state index in [1.807, 2.05) is 0 Å². The Morgan fingerprint density at radius 2 is 2.11 bits per heavy atom. The van der Waals surface area contributed by atoms with Crippen molar-refractivity contribution in [2.24, 2.45) is 0 Å². The summed E-state index contributed by atoms with van der Waals surface area (Å²) < 4.78 is 42.8. The third-order valence-corrected chi connectivity index (χ3v) is 2.49. The number of aromatic amines is 1. The highest BCUT2D eigenvalue weighted by Gasteiger charge is 2.32. The Hall–Kier alpha value is -1.98. The van der Waals surface area contributed by atoms with Gasteiger partial charge in [0.05, 0.1) is 17.7 Å². The fraction of sp³-hybridized carbons (Fsp3) is 0.250. The van der Waals surface area contributed by atoms with Crippen LogP contribution in [0.25, 0.3) is 10.9 Å². The summed E-state index contributed by atoms with van der Waals surface area (Å²) >= 11 is 0. The standard InChI is InChI=1S/C12H10F3NO2/c1-2-18-11(17)9-5-7(12(13,14)15)6-10-8(9)3-4-16-10/h3-6,16H,2H2,1H3. The summed E-state index contributed by atoms with van der Waals surface area (Å²) in [7, 11) is 0. The number of halogens is 3. The number of alkyl halides is 3. The largest absolute Gasteiger partial charge is 0.462 e. The predicted octanol–water partition coefficient (Wildman–Crippen LogP) is 3.36. The Balaban J connectivity index is 2.62. The molecular weight excluding hydrogens is 247 g/mol. The normalized spacial score (nSPS) is 11.8. The maximum absolute atomic E-state index is 12.7. The van der Waals surface area contributed by atoms with Crippen LogP contribution in [-0.2, 0) is 10.9 Å². The first-order valence-corrected chi connectivity index (χ1v) is 5.29. The van der Waals surface area contributed by atoms with Gasteiger partial charge in [0.15, 0.2) is 0 Å². The molecule has 3 nitrogen and oxygen atoms in total. The summed E-state index contributed by atoms with van der Waals surface area (Å²) in [5.41, 5.74) is -0.698. The van der Waals surface area contributed by atoms with E-state index in [0.717, 1.165) is 12.1 Å². The molecule has 1 heterocycles. The van der Waals surface area contributed by atoms with Crippen molar-refractivity contribution in [3.05, 3.63) is 35.5 Å². The number of esters is 1. The van der Waals surface area contributed by atoms with Crippen LogP contribution >= 0.6 is 0 Å². The molecule has 0 aliphatic carbocycles. The number of aromatic nitrogens is 1. The fourth-order valence-electron chi connectivity index (χ4n) is 1.71. The van der Waals surface area contributed by atoms with E-state index in [2.05, 4.69) is 4.98 Å². The zero-order valence-electron chi connectivity index (χ0n) is 9.47. The summed E-state index contributed by atoms with van der Waals surface area (Å²) in [4.78, 5) is 14.3. The number of hydrogen-bond acceptors (Lipinski definition) is 2. The third-order valence-electron chi connectivity index (χ3n) is 2.49. The highest BCUT2D eigenvalue weighted by molar-refractivity contribution is 6.04. The Morgan fingerprint density at radius 3 is 2.72 bits per heavy atom. The summed E-state index contributed by atoms with van der Waals surface area (Å²) in [6.07, 6.45) is -3.02. The number of carbonyl (C=O) groups is 1. The molecular formula is C12H10F3NO2. The molecule has 0 unspecified atom stereocenters. The molecule has 0 aliphatic rings. The van der Waals surface area contributed by atoms with Crippen LogP contribution in [0, 0.1) is 0 Å². The molecule has 0 fully saturated rings. The highest BCUT2D eigenvalue weighted by atomic mass is 19.4. The van der Waals surface area contributed by atoms with Crippen LogP contribution in [0.3, 0.4) is 0 Å². The van der Waals surface area contributed by atoms with Gasteiger partial charge in [-0.2, -0.15) is 13.2 Å². The number of rotatable bonds is 2. The van der Waals surface area contributed by atoms with E-state index in [1.165, 1.54) is 6.20 Å². The summed E-state index contributed by atoms with van der Waals surface area (Å²) in [6.45, 7) is 1.71. The molecule has 6 heteroatoms. The first-order chi connectivity index (χ1) is 8.43. The lowest BCUT2D eigenvalue weighted by Gasteiger charge is -2.10. The molecule has 1 aromatic heterocycles. The number of fused-ring (bicyclic) bond motifs is 1. The van der Waals surface area contributed by atoms with Gasteiger partial charge >= 0.3 is 12.1 Å². The van der Waals surface area contributed by atoms with Crippen molar-refractivity contribution >= 4 is 16.9 Å². The molecule has 18 heavy (non-hydrogen) atoms. The van der Waals surface area contributed by atoms with Gasteiger partial charge in [-0.1, -0.05) is 0 Å². The van der Waals surface area contributed by atoms with Gasteiger partial charge in [-0.05, 0) is 25.1 Å². The van der Waals surface area contributed by atoms with Crippen molar-refractivity contribution < 1.29 is 22.7 Å². The van der Waals surface area contributed by atoms with Crippen molar-refractivity contribution in [1.82, 2.24) is 4.98 Å². The Kier molecular flexibility index (Phi) is 3.02. The van der Waals surface area contributed by atoms with Crippen molar-refractivity contribution in [1.29, 1.82) is 0 Å². The molecule has 0 radical (unpaired) electrons. The van der Waals surface area contributed by atoms with E-state index in [4.69, 9.17) is 4.74 Å². The van der Waals surface area contributed by atoms with Gasteiger partial charge in [-0.25, -0.2) is 4.79 Å². The summed E-state index contributed by atoms with van der Waals surface area (Å²) in [5, 5.41) is 0.418. The van der Waals surface area contributed by atoms with E-state index >= 15 is 0 Å². The van der Waals surface area contributed by atoms with E-state index in [9.17, 15) is 18.0 Å². The first kappa shape index (κ1) is 12.5. The second-order valence-corrected chi connectivity index (χ2v) is 3.68. The van der Waals surface area contributed by atoms with Gasteiger partial charge in [0, 0.05) is 17.1 Å². The molecule has 0 saturated heterocycles. The van der Waals surface area contributed by atoms with Crippen LogP contribution in [0.1, 0.15) is 22.8 Å². The summed E-state index contributed by atoms with van der Waals surface area (Å²) in [5.74, 6) is -0.756. The molecule has 0 atom stereocenters. The Morgan fingerprint density at radius 1 is 1.39 bits per heavy atom. The zero-order chi connectivity index (χ0) is 13.3. The van der Waals surface area contributed by atoms with Gasteiger partial charge in [0.2, 0.25) is 0 Å². The molecule has 2 aromatic rings. The minimum atomic E-state index is -4.50. The molecule has 1 N–H and O–H groups in total. The average Bonchev–Trinajstić information content (AvgIpc) is 2.74. The lowest BCUT2D eigenvalue weighted by atomic mass is 10.1. The molecule has 0 saturated carbocycles. The van der Waals surface area contributed by atoms with E-state index in [0.29, 0.717) is 5.39 Å². The lowest BCUT2D eigenvalue weighted by Crippen LogP contribution is -2.10. The first-order valence-electron chi connectivity index (χ1n) is 5.29. The molecule has 0 spiro atoms. The maximum atomic E-state index is 12.7. The second-order valence-electron chi connectivity index (χ2n) is 3.68. The Labute approximate surface area is 101 Å². The van der Waals surface area contributed by atoms with Gasteiger partial charge in [0.25, 0.3) is 0 Å². The third kappa shape index (κ3) is 2.18. The quantitative estimate of drug-likeness (QED) is 0.838. The van der Waals surface area contributed by atoms with Gasteiger partial charge < -0.3 is 9.72 Å². The minimum absolute atomic E-state index is 0.0806. The van der Waals surface area contributed by atoms with Crippen LogP contribution in [-0.4, -0.2) is 17.6 Å². The SMILES string of the molecule is CCOC(=O)c1cc(C(F)(F)F)cc2[nH]ccc12. The van der Waals surface area contributed by atoms with E-state index < -0.39 is 17.7 Å². The topological polar surface area (TPSA) is 42.1 Å². The van der Waals surface area contributed by atoms with Gasteiger partial charge in [-0.15, -0.1) is 0 Å². The zero-order valence-corrected chi connectivity index (χ0v) is 9.47. The molecule has 0 aliphatic heterocycles. The number of H-pyrrole nitrogens is 1. The van der Waals surface area contributed by atoms with Crippen molar-refractivity contribution in [3.63, 3.8) is 0 Å². The smallest absolute Gasteiger partial charge is 0.416 e. The molecule has 1 aromatic carbocycles. The van der Waals surface area contributed by atoms with Gasteiger partial charge in [-0.3, -0.25) is 0 Å². The molecule has 0 bridgehead atoms. The molecule has 2 rings (SSSR count). The van der Waals surface area contributed by atoms with Crippen molar-refractivity contribution in [2.45, 2.75) is 13.1 Å². The van der Waals surface area contributed by atoms with Crippen LogP contribution in [0.4, 0.5) is 13.2 Å². The average molecular weight is 257 g/mol. The van der Waals surface area contributed by atoms with Crippen LogP contribution in [0.15, 0.2) is 24.4 Å². The number of benzene rings is 1. The number of ether oxygens (including phenoxy) is 1. The van der Waals surface area contributed by atoms with Gasteiger partial charge in [0.1, 0.15) is 0 Å². The second kappa shape index (κ2) is 4.36. The van der Waals surface area contributed by atoms with E-state index in [-0.39, 0.29) is 17.7 Å². The highest BCUT2D eigenvalue weighted by Crippen LogP contribution is 2.33. The number of hydrogen-bond donors (Lipinski definition) is 1. The number of carbonyl (C=O) groups excluding carboxylic acids is 1. The maximum Gasteiger partial charge on any atom is 0.416 e. The van der Waals surface area contributed by atoms with Crippen molar-refractivity contribution in [3.8, 4) is 0 Å². The lowest BCUT2D eigenvalue weighted by molar-refractivity contribution is -0.137. The molecule has 96 valence electrons. The summed E-state index contributed by atoms with van der Waals surface area (Å²) in [6, 6.07) is 3.33. The molecule has 0 amide bonds. The predicted molar refractivity (Wildman–Crippen MR) is 59.3 cm³/mol. The monoisotopic (exact) mass is 257 g/mol. The van der Waals surface area contributed by atoms with Crippen LogP contribution in [0.5, 0.6) is 0 Å². The van der Waals surface area contributed by atoms with Crippen LogP contribution in [0.2, 0.25) is 0 Å². The van der Waals surface area contributed by atoms with Crippen LogP contribution < -0.4 is 0 Å². The minimum Gasteiger partial charge on any atom is -0.462 e.